The van der Waals surface area contributed by atoms with Crippen molar-refractivity contribution in [1.82, 2.24) is 0 Å². The van der Waals surface area contributed by atoms with E-state index in [1.165, 1.54) is 0 Å². The quantitative estimate of drug-likeness (QED) is 0.803. The molecule has 1 aromatic carbocycles. The minimum Gasteiger partial charge on any atom is -0.497 e. The first kappa shape index (κ1) is 11.4. The first-order valence-corrected chi connectivity index (χ1v) is 6.86. The Morgan fingerprint density at radius 3 is 2.88 bits per heavy atom. The van der Waals surface area contributed by atoms with Crippen LogP contribution < -0.4 is 10.5 Å². The fraction of sp³-hybridized carbons (Fsp3) is 0.455. The number of rotatable bonds is 1. The molecule has 16 heavy (non-hydrogen) atoms. The lowest BCUT2D eigenvalue weighted by atomic mass is 10.0. The summed E-state index contributed by atoms with van der Waals surface area (Å²) < 4.78 is 29.0. The Labute approximate surface area is 95.3 Å². The van der Waals surface area contributed by atoms with E-state index >= 15 is 0 Å². The molecule has 0 saturated carbocycles. The molecule has 0 fully saturated rings. The molecule has 0 spiro atoms. The Balaban J connectivity index is 2.62. The van der Waals surface area contributed by atoms with Crippen molar-refractivity contribution >= 4 is 9.84 Å². The Morgan fingerprint density at radius 2 is 2.19 bits per heavy atom. The number of fused-ring (bicyclic) bond motifs is 1. The molecule has 0 aliphatic carbocycles. The van der Waals surface area contributed by atoms with Crippen LogP contribution in [0.1, 0.15) is 24.4 Å². The summed E-state index contributed by atoms with van der Waals surface area (Å²) in [4.78, 5) is 0.360. The Kier molecular flexibility index (Phi) is 2.90. The van der Waals surface area contributed by atoms with Crippen molar-refractivity contribution in [2.75, 3.05) is 12.9 Å². The molecule has 88 valence electrons. The highest BCUT2D eigenvalue weighted by Crippen LogP contribution is 2.32. The molecule has 4 nitrogen and oxygen atoms in total. The predicted molar refractivity (Wildman–Crippen MR) is 61.2 cm³/mol. The summed E-state index contributed by atoms with van der Waals surface area (Å²) in [6.45, 7) is 0. The van der Waals surface area contributed by atoms with E-state index in [9.17, 15) is 8.42 Å². The molecule has 1 aromatic rings. The second-order valence-corrected chi connectivity index (χ2v) is 6.05. The lowest BCUT2D eigenvalue weighted by molar-refractivity contribution is 0.413. The van der Waals surface area contributed by atoms with Crippen molar-refractivity contribution in [2.45, 2.75) is 23.8 Å². The van der Waals surface area contributed by atoms with Crippen molar-refractivity contribution in [3.63, 3.8) is 0 Å². The Morgan fingerprint density at radius 1 is 1.44 bits per heavy atom. The van der Waals surface area contributed by atoms with Gasteiger partial charge in [0.25, 0.3) is 0 Å². The van der Waals surface area contributed by atoms with Gasteiger partial charge in [0.1, 0.15) is 5.75 Å². The molecule has 2 rings (SSSR count). The molecule has 1 heterocycles. The first-order chi connectivity index (χ1) is 7.54. The van der Waals surface area contributed by atoms with Crippen LogP contribution in [-0.4, -0.2) is 21.3 Å². The van der Waals surface area contributed by atoms with Gasteiger partial charge in [-0.05, 0) is 36.6 Å². The molecule has 0 saturated heterocycles. The highest BCUT2D eigenvalue weighted by molar-refractivity contribution is 7.91. The van der Waals surface area contributed by atoms with Crippen LogP contribution in [0, 0.1) is 0 Å². The van der Waals surface area contributed by atoms with E-state index in [0.717, 1.165) is 0 Å². The van der Waals surface area contributed by atoms with Gasteiger partial charge in [-0.15, -0.1) is 0 Å². The maximum atomic E-state index is 11.9. The zero-order valence-electron chi connectivity index (χ0n) is 9.14. The average molecular weight is 241 g/mol. The van der Waals surface area contributed by atoms with E-state index in [1.807, 2.05) is 0 Å². The number of ether oxygens (including phenoxy) is 1. The van der Waals surface area contributed by atoms with Crippen LogP contribution in [0.5, 0.6) is 5.75 Å². The van der Waals surface area contributed by atoms with Gasteiger partial charge in [-0.2, -0.15) is 0 Å². The van der Waals surface area contributed by atoms with E-state index in [0.29, 0.717) is 29.1 Å². The standard InChI is InChI=1S/C11H15NO3S/c1-15-8-4-5-11-9(7-8)10(12)3-2-6-16(11,13)14/h4-5,7,10H,2-3,6,12H2,1H3. The second kappa shape index (κ2) is 4.07. The van der Waals surface area contributed by atoms with E-state index < -0.39 is 9.84 Å². The predicted octanol–water partition coefficient (Wildman–Crippen LogP) is 1.26. The minimum absolute atomic E-state index is 0.181. The first-order valence-electron chi connectivity index (χ1n) is 5.21. The summed E-state index contributed by atoms with van der Waals surface area (Å²) in [7, 11) is -1.62. The Hall–Kier alpha value is -1.07. The maximum Gasteiger partial charge on any atom is 0.178 e. The minimum atomic E-state index is -3.17. The summed E-state index contributed by atoms with van der Waals surface area (Å²) >= 11 is 0. The number of nitrogens with two attached hydrogens (primary N) is 1. The molecule has 1 aliphatic heterocycles. The normalized spacial score (nSPS) is 23.2. The van der Waals surface area contributed by atoms with Crippen LogP contribution in [-0.2, 0) is 9.84 Å². The molecule has 5 heteroatoms. The molecule has 0 amide bonds. The van der Waals surface area contributed by atoms with Crippen LogP contribution in [0.3, 0.4) is 0 Å². The summed E-state index contributed by atoms with van der Waals surface area (Å²) in [6, 6.07) is 4.76. The van der Waals surface area contributed by atoms with Crippen LogP contribution >= 0.6 is 0 Å². The van der Waals surface area contributed by atoms with Crippen molar-refractivity contribution in [3.05, 3.63) is 23.8 Å². The van der Waals surface area contributed by atoms with Crippen molar-refractivity contribution < 1.29 is 13.2 Å². The third-order valence-corrected chi connectivity index (χ3v) is 4.75. The lowest BCUT2D eigenvalue weighted by Gasteiger charge is -2.13. The Bertz CT molecular complexity index is 496. The van der Waals surface area contributed by atoms with Gasteiger partial charge in [-0.3, -0.25) is 0 Å². The van der Waals surface area contributed by atoms with Crippen LogP contribution in [0.4, 0.5) is 0 Å². The summed E-state index contributed by atoms with van der Waals surface area (Å²) in [5.74, 6) is 0.825. The van der Waals surface area contributed by atoms with E-state index in [1.54, 1.807) is 25.3 Å². The van der Waals surface area contributed by atoms with E-state index in [4.69, 9.17) is 10.5 Å². The van der Waals surface area contributed by atoms with Gasteiger partial charge in [0.2, 0.25) is 0 Å². The lowest BCUT2D eigenvalue weighted by Crippen LogP contribution is -2.11. The zero-order chi connectivity index (χ0) is 11.8. The van der Waals surface area contributed by atoms with Gasteiger partial charge in [0, 0.05) is 6.04 Å². The highest BCUT2D eigenvalue weighted by Gasteiger charge is 2.26. The molecule has 1 atom stereocenters. The summed E-state index contributed by atoms with van der Waals surface area (Å²) in [5.41, 5.74) is 6.65. The van der Waals surface area contributed by atoms with Crippen molar-refractivity contribution in [3.8, 4) is 5.75 Å². The molecule has 0 radical (unpaired) electrons. The monoisotopic (exact) mass is 241 g/mol. The molecule has 2 N–H and O–H groups in total. The van der Waals surface area contributed by atoms with Gasteiger partial charge in [0.05, 0.1) is 17.8 Å². The number of sulfone groups is 1. The van der Waals surface area contributed by atoms with Crippen LogP contribution in [0.2, 0.25) is 0 Å². The van der Waals surface area contributed by atoms with Crippen molar-refractivity contribution in [1.29, 1.82) is 0 Å². The van der Waals surface area contributed by atoms with Gasteiger partial charge in [0.15, 0.2) is 9.84 Å². The van der Waals surface area contributed by atoms with Crippen LogP contribution in [0.15, 0.2) is 23.1 Å². The van der Waals surface area contributed by atoms with Gasteiger partial charge in [-0.1, -0.05) is 0 Å². The molecule has 0 bridgehead atoms. The average Bonchev–Trinajstić information content (AvgIpc) is 2.37. The van der Waals surface area contributed by atoms with Gasteiger partial charge < -0.3 is 10.5 Å². The van der Waals surface area contributed by atoms with E-state index in [-0.39, 0.29) is 11.8 Å². The smallest absolute Gasteiger partial charge is 0.178 e. The molecule has 1 aliphatic rings. The number of hydrogen-bond acceptors (Lipinski definition) is 4. The van der Waals surface area contributed by atoms with Crippen LogP contribution in [0.25, 0.3) is 0 Å². The SMILES string of the molecule is COc1ccc2c(c1)C(N)CCCS2(=O)=O. The fourth-order valence-electron chi connectivity index (χ4n) is 1.99. The second-order valence-electron chi connectivity index (χ2n) is 3.97. The molecular weight excluding hydrogens is 226 g/mol. The van der Waals surface area contributed by atoms with Gasteiger partial charge in [-0.25, -0.2) is 8.42 Å². The number of methoxy groups -OCH3 is 1. The third-order valence-electron chi connectivity index (χ3n) is 2.88. The molecule has 0 aromatic heterocycles. The maximum absolute atomic E-state index is 11.9. The van der Waals surface area contributed by atoms with Gasteiger partial charge >= 0.3 is 0 Å². The fourth-order valence-corrected chi connectivity index (χ4v) is 3.60. The number of hydrogen-bond donors (Lipinski definition) is 1. The van der Waals surface area contributed by atoms with Crippen molar-refractivity contribution in [2.24, 2.45) is 5.73 Å². The number of benzene rings is 1. The zero-order valence-corrected chi connectivity index (χ0v) is 9.96. The topological polar surface area (TPSA) is 69.4 Å². The largest absolute Gasteiger partial charge is 0.497 e. The molecular formula is C11H15NO3S. The molecule has 1 unspecified atom stereocenters. The summed E-state index contributed by atoms with van der Waals surface area (Å²) in [6.07, 6.45) is 1.31. The highest BCUT2D eigenvalue weighted by atomic mass is 32.2. The summed E-state index contributed by atoms with van der Waals surface area (Å²) in [5, 5.41) is 0. The van der Waals surface area contributed by atoms with E-state index in [2.05, 4.69) is 0 Å². The third kappa shape index (κ3) is 1.92.